The first kappa shape index (κ1) is 22.6. The number of benzene rings is 1. The van der Waals surface area contributed by atoms with Gasteiger partial charge in [0.05, 0.1) is 17.7 Å². The van der Waals surface area contributed by atoms with Gasteiger partial charge in [-0.3, -0.25) is 4.79 Å². The number of piperazine rings is 1. The van der Waals surface area contributed by atoms with E-state index in [0.29, 0.717) is 39.1 Å². The highest BCUT2D eigenvalue weighted by atomic mass is 19.1. The highest BCUT2D eigenvalue weighted by molar-refractivity contribution is 5.84. The lowest BCUT2D eigenvalue weighted by molar-refractivity contribution is -0.133. The molecule has 2 heterocycles. The molecule has 1 aliphatic heterocycles. The van der Waals surface area contributed by atoms with Crippen molar-refractivity contribution in [2.24, 2.45) is 0 Å². The molecule has 1 aliphatic carbocycles. The number of hydrogen-bond donors (Lipinski definition) is 2. The largest absolute Gasteiger partial charge is 0.387 e. The van der Waals surface area contributed by atoms with Crippen molar-refractivity contribution in [2.75, 3.05) is 37.6 Å². The van der Waals surface area contributed by atoms with Crippen LogP contribution in [0.4, 0.5) is 10.2 Å². The summed E-state index contributed by atoms with van der Waals surface area (Å²) < 4.78 is 13.4. The molecule has 0 spiro atoms. The predicted octanol–water partition coefficient (Wildman–Crippen LogP) is 2.59. The van der Waals surface area contributed by atoms with Gasteiger partial charge in [0, 0.05) is 44.3 Å². The van der Waals surface area contributed by atoms with Gasteiger partial charge in [0.25, 0.3) is 0 Å². The van der Waals surface area contributed by atoms with Crippen LogP contribution >= 0.6 is 0 Å². The van der Waals surface area contributed by atoms with Gasteiger partial charge >= 0.3 is 0 Å². The number of aromatic nitrogens is 2. The Kier molecular flexibility index (Phi) is 6.71. The summed E-state index contributed by atoms with van der Waals surface area (Å²) in [6, 6.07) is 6.47. The van der Waals surface area contributed by atoms with E-state index < -0.39 is 6.10 Å². The molecule has 1 fully saturated rings. The third-order valence-electron chi connectivity index (χ3n) is 6.47. The molecule has 3 atom stereocenters. The molecule has 1 amide bonds. The zero-order valence-electron chi connectivity index (χ0n) is 19.0. The number of amides is 1. The van der Waals surface area contributed by atoms with E-state index in [1.165, 1.54) is 18.5 Å². The van der Waals surface area contributed by atoms with Crippen LogP contribution in [0.25, 0.3) is 0 Å². The fraction of sp³-hybridized carbons (Fsp3) is 0.542. The van der Waals surface area contributed by atoms with Gasteiger partial charge in [-0.25, -0.2) is 14.4 Å². The van der Waals surface area contributed by atoms with Crippen molar-refractivity contribution >= 4 is 11.7 Å². The van der Waals surface area contributed by atoms with Crippen molar-refractivity contribution in [1.82, 2.24) is 20.2 Å². The first-order valence-corrected chi connectivity index (χ1v) is 11.4. The Morgan fingerprint density at radius 1 is 1.19 bits per heavy atom. The van der Waals surface area contributed by atoms with Crippen LogP contribution in [0.2, 0.25) is 0 Å². The van der Waals surface area contributed by atoms with Crippen LogP contribution in [0.1, 0.15) is 62.0 Å². The normalized spacial score (nSPS) is 21.7. The Balaban J connectivity index is 1.47. The molecule has 172 valence electrons. The lowest BCUT2D eigenvalue weighted by Crippen LogP contribution is -2.51. The van der Waals surface area contributed by atoms with Crippen LogP contribution in [-0.2, 0) is 4.79 Å². The minimum Gasteiger partial charge on any atom is -0.387 e. The van der Waals surface area contributed by atoms with Crippen LogP contribution in [0, 0.1) is 5.82 Å². The smallest absolute Gasteiger partial charge is 0.231 e. The standard InChI is InChI=1S/C24H32FN5O2/c1-15(2)26-13-19(17-4-6-18(25)7-5-17)24(32)30-10-8-29(9-11-30)23-21-16(3)12-20(31)22(21)27-14-28-23/h4-7,14-16,19-20,26,31H,8-13H2,1-3H3/t16-,19-,20-/m1/s1. The van der Waals surface area contributed by atoms with E-state index in [9.17, 15) is 14.3 Å². The summed E-state index contributed by atoms with van der Waals surface area (Å²) in [4.78, 5) is 26.3. The van der Waals surface area contributed by atoms with Crippen molar-refractivity contribution in [3.63, 3.8) is 0 Å². The average molecular weight is 442 g/mol. The summed E-state index contributed by atoms with van der Waals surface area (Å²) in [5, 5.41) is 13.6. The highest BCUT2D eigenvalue weighted by Gasteiger charge is 2.35. The molecule has 1 saturated heterocycles. The number of fused-ring (bicyclic) bond motifs is 1. The second-order valence-electron chi connectivity index (χ2n) is 9.13. The van der Waals surface area contributed by atoms with Gasteiger partial charge in [0.15, 0.2) is 0 Å². The van der Waals surface area contributed by atoms with E-state index in [0.717, 1.165) is 22.6 Å². The Labute approximate surface area is 188 Å². The second-order valence-corrected chi connectivity index (χ2v) is 9.13. The molecule has 2 aromatic rings. The molecule has 4 rings (SSSR count). The van der Waals surface area contributed by atoms with E-state index in [1.54, 1.807) is 12.1 Å². The number of aliphatic hydroxyl groups is 1. The minimum atomic E-state index is -0.533. The van der Waals surface area contributed by atoms with Crippen molar-refractivity contribution in [2.45, 2.75) is 51.2 Å². The molecule has 2 N–H and O–H groups in total. The molecule has 0 saturated carbocycles. The van der Waals surface area contributed by atoms with E-state index in [-0.39, 0.29) is 29.6 Å². The average Bonchev–Trinajstić information content (AvgIpc) is 3.08. The van der Waals surface area contributed by atoms with E-state index >= 15 is 0 Å². The Bertz CT molecular complexity index is 944. The number of nitrogens with zero attached hydrogens (tertiary/aromatic N) is 4. The lowest BCUT2D eigenvalue weighted by atomic mass is 9.96. The summed E-state index contributed by atoms with van der Waals surface area (Å²) >= 11 is 0. The van der Waals surface area contributed by atoms with Crippen molar-refractivity contribution < 1.29 is 14.3 Å². The van der Waals surface area contributed by atoms with Gasteiger partial charge < -0.3 is 20.2 Å². The van der Waals surface area contributed by atoms with Crippen LogP contribution in [0.5, 0.6) is 0 Å². The molecule has 8 heteroatoms. The van der Waals surface area contributed by atoms with Crippen molar-refractivity contribution in [1.29, 1.82) is 0 Å². The number of rotatable bonds is 6. The molecular weight excluding hydrogens is 409 g/mol. The monoisotopic (exact) mass is 441 g/mol. The van der Waals surface area contributed by atoms with Crippen molar-refractivity contribution in [3.8, 4) is 0 Å². The van der Waals surface area contributed by atoms with Gasteiger partial charge in [0.2, 0.25) is 5.91 Å². The van der Waals surface area contributed by atoms with Gasteiger partial charge in [-0.2, -0.15) is 0 Å². The van der Waals surface area contributed by atoms with Gasteiger partial charge in [-0.15, -0.1) is 0 Å². The van der Waals surface area contributed by atoms with Crippen LogP contribution in [0.15, 0.2) is 30.6 Å². The molecule has 0 radical (unpaired) electrons. The number of carbonyl (C=O) groups excluding carboxylic acids is 1. The first-order chi connectivity index (χ1) is 15.3. The van der Waals surface area contributed by atoms with E-state index in [1.807, 2.05) is 18.7 Å². The molecule has 1 aromatic carbocycles. The summed E-state index contributed by atoms with van der Waals surface area (Å²) in [5.74, 6) is 0.481. The molecule has 0 bridgehead atoms. The summed E-state index contributed by atoms with van der Waals surface area (Å²) in [7, 11) is 0. The Morgan fingerprint density at radius 3 is 2.53 bits per heavy atom. The lowest BCUT2D eigenvalue weighted by Gasteiger charge is -2.38. The highest BCUT2D eigenvalue weighted by Crippen LogP contribution is 2.42. The van der Waals surface area contributed by atoms with Crippen LogP contribution in [0.3, 0.4) is 0 Å². The Morgan fingerprint density at radius 2 is 1.88 bits per heavy atom. The number of nitrogens with one attached hydrogen (secondary N) is 1. The SMILES string of the molecule is CC(C)NC[C@@H](C(=O)N1CCN(c2ncnc3c2[C@H](C)C[C@H]3O)CC1)c1ccc(F)cc1. The third kappa shape index (κ3) is 4.61. The van der Waals surface area contributed by atoms with Gasteiger partial charge in [-0.1, -0.05) is 32.9 Å². The third-order valence-corrected chi connectivity index (χ3v) is 6.47. The van der Waals surface area contributed by atoms with Gasteiger partial charge in [-0.05, 0) is 30.0 Å². The summed E-state index contributed by atoms with van der Waals surface area (Å²) in [6.45, 7) is 9.22. The number of anilines is 1. The van der Waals surface area contributed by atoms with Crippen molar-refractivity contribution in [3.05, 3.63) is 53.2 Å². The fourth-order valence-electron chi connectivity index (χ4n) is 4.71. The number of carbonyl (C=O) groups is 1. The quantitative estimate of drug-likeness (QED) is 0.717. The number of aliphatic hydroxyl groups excluding tert-OH is 1. The molecular formula is C24H32FN5O2. The fourth-order valence-corrected chi connectivity index (χ4v) is 4.71. The van der Waals surface area contributed by atoms with Gasteiger partial charge in [0.1, 0.15) is 18.0 Å². The molecule has 32 heavy (non-hydrogen) atoms. The maximum Gasteiger partial charge on any atom is 0.231 e. The summed E-state index contributed by atoms with van der Waals surface area (Å²) in [6.07, 6.45) is 1.66. The molecule has 2 aliphatic rings. The molecule has 1 aromatic heterocycles. The van der Waals surface area contributed by atoms with E-state index in [4.69, 9.17) is 0 Å². The minimum absolute atomic E-state index is 0.0566. The zero-order valence-corrected chi connectivity index (χ0v) is 19.0. The molecule has 7 nitrogen and oxygen atoms in total. The summed E-state index contributed by atoms with van der Waals surface area (Å²) in [5.41, 5.74) is 2.59. The molecule has 0 unspecified atom stereocenters. The Hall–Kier alpha value is -2.58. The van der Waals surface area contributed by atoms with E-state index in [2.05, 4.69) is 27.1 Å². The maximum absolute atomic E-state index is 13.4. The zero-order chi connectivity index (χ0) is 22.8. The van der Waals surface area contributed by atoms with Crippen LogP contribution in [-0.4, -0.2) is 64.6 Å². The number of halogens is 1. The number of hydrogen-bond acceptors (Lipinski definition) is 6. The maximum atomic E-state index is 13.4. The topological polar surface area (TPSA) is 81.6 Å². The predicted molar refractivity (Wildman–Crippen MR) is 121 cm³/mol. The van der Waals surface area contributed by atoms with Crippen LogP contribution < -0.4 is 10.2 Å². The second kappa shape index (κ2) is 9.50. The first-order valence-electron chi connectivity index (χ1n) is 11.4.